The molecule has 7 nitrogen and oxygen atoms in total. The first-order valence-electron chi connectivity index (χ1n) is 11.2. The Labute approximate surface area is 212 Å². The second-order valence-corrected chi connectivity index (χ2v) is 11.9. The van der Waals surface area contributed by atoms with Crippen LogP contribution >= 0.6 is 11.6 Å². The van der Waals surface area contributed by atoms with Crippen molar-refractivity contribution in [1.29, 1.82) is 0 Å². The van der Waals surface area contributed by atoms with Crippen LogP contribution in [0.1, 0.15) is 45.2 Å². The number of aryl methyl sites for hydroxylation is 1. The molecule has 2 rings (SSSR count). The van der Waals surface area contributed by atoms with E-state index in [0.717, 1.165) is 33.8 Å². The van der Waals surface area contributed by atoms with Gasteiger partial charge in [0.05, 0.1) is 17.0 Å². The van der Waals surface area contributed by atoms with E-state index in [1.165, 1.54) is 11.0 Å². The molecule has 2 aromatic carbocycles. The van der Waals surface area contributed by atoms with Gasteiger partial charge in [0.25, 0.3) is 0 Å². The summed E-state index contributed by atoms with van der Waals surface area (Å²) < 4.78 is 39.7. The Hall–Kier alpha value is -2.65. The molecule has 1 N–H and O–H groups in total. The number of sulfonamides is 1. The Morgan fingerprint density at radius 1 is 1.14 bits per heavy atom. The predicted molar refractivity (Wildman–Crippen MR) is 137 cm³/mol. The Morgan fingerprint density at radius 3 is 2.31 bits per heavy atom. The zero-order valence-electron chi connectivity index (χ0n) is 20.9. The maximum absolute atomic E-state index is 13.7. The molecule has 0 radical (unpaired) electrons. The van der Waals surface area contributed by atoms with Crippen molar-refractivity contribution >= 4 is 39.1 Å². The van der Waals surface area contributed by atoms with Crippen LogP contribution in [0.2, 0.25) is 5.02 Å². The molecule has 0 saturated carbocycles. The molecule has 0 spiro atoms. The zero-order valence-corrected chi connectivity index (χ0v) is 22.5. The molecule has 0 bridgehead atoms. The lowest BCUT2D eigenvalue weighted by Crippen LogP contribution is -2.55. The summed E-state index contributed by atoms with van der Waals surface area (Å²) in [7, 11) is -3.93. The molecule has 0 aliphatic rings. The average Bonchev–Trinajstić information content (AvgIpc) is 2.71. The summed E-state index contributed by atoms with van der Waals surface area (Å²) in [5, 5.41) is 2.64. The molecule has 2 aromatic rings. The number of anilines is 1. The van der Waals surface area contributed by atoms with E-state index < -0.39 is 39.9 Å². The highest BCUT2D eigenvalue weighted by atomic mass is 35.5. The molecule has 0 aliphatic carbocycles. The lowest BCUT2D eigenvalue weighted by Gasteiger charge is -2.34. The number of hydrogen-bond acceptors (Lipinski definition) is 4. The van der Waals surface area contributed by atoms with E-state index >= 15 is 0 Å². The third-order valence-electron chi connectivity index (χ3n) is 5.19. The van der Waals surface area contributed by atoms with Crippen LogP contribution in [0, 0.1) is 12.7 Å². The summed E-state index contributed by atoms with van der Waals surface area (Å²) in [6, 6.07) is 10.1. The van der Waals surface area contributed by atoms with Crippen molar-refractivity contribution in [2.45, 2.75) is 59.2 Å². The summed E-state index contributed by atoms with van der Waals surface area (Å²) in [5.41, 5.74) is 1.32. The summed E-state index contributed by atoms with van der Waals surface area (Å²) in [4.78, 5) is 28.1. The van der Waals surface area contributed by atoms with Gasteiger partial charge in [-0.25, -0.2) is 12.8 Å². The van der Waals surface area contributed by atoms with Crippen LogP contribution < -0.4 is 9.62 Å². The van der Waals surface area contributed by atoms with E-state index in [1.54, 1.807) is 6.92 Å². The van der Waals surface area contributed by atoms with Gasteiger partial charge in [0.1, 0.15) is 18.4 Å². The minimum Gasteiger partial charge on any atom is -0.350 e. The molecule has 0 saturated heterocycles. The SMILES string of the molecule is CC[C@H](C(=O)NC(C)(C)C)N(Cc1cccc(C)c1)C(=O)CN(c1ccc(F)c(Cl)c1)S(C)(=O)=O. The highest BCUT2D eigenvalue weighted by Crippen LogP contribution is 2.25. The van der Waals surface area contributed by atoms with Gasteiger partial charge in [0, 0.05) is 12.1 Å². The van der Waals surface area contributed by atoms with Crippen molar-refractivity contribution in [1.82, 2.24) is 10.2 Å². The fourth-order valence-corrected chi connectivity index (χ4v) is 4.65. The van der Waals surface area contributed by atoms with Crippen LogP contribution in [0.4, 0.5) is 10.1 Å². The van der Waals surface area contributed by atoms with Crippen LogP contribution in [0.3, 0.4) is 0 Å². The molecular weight excluding hydrogens is 493 g/mol. The van der Waals surface area contributed by atoms with Gasteiger partial charge in [0.15, 0.2) is 0 Å². The number of carbonyl (C=O) groups is 2. The lowest BCUT2D eigenvalue weighted by molar-refractivity contribution is -0.141. The molecule has 0 unspecified atom stereocenters. The monoisotopic (exact) mass is 525 g/mol. The highest BCUT2D eigenvalue weighted by molar-refractivity contribution is 7.92. The van der Waals surface area contributed by atoms with Crippen LogP contribution in [0.5, 0.6) is 0 Å². The molecule has 2 amide bonds. The second-order valence-electron chi connectivity index (χ2n) is 9.54. The third kappa shape index (κ3) is 8.21. The number of benzene rings is 2. The van der Waals surface area contributed by atoms with E-state index in [4.69, 9.17) is 11.6 Å². The first-order valence-corrected chi connectivity index (χ1v) is 13.4. The van der Waals surface area contributed by atoms with Crippen LogP contribution in [-0.2, 0) is 26.2 Å². The Morgan fingerprint density at radius 2 is 1.80 bits per heavy atom. The summed E-state index contributed by atoms with van der Waals surface area (Å²) in [6.45, 7) is 8.76. The van der Waals surface area contributed by atoms with E-state index in [-0.39, 0.29) is 23.2 Å². The first-order chi connectivity index (χ1) is 16.1. The van der Waals surface area contributed by atoms with Gasteiger partial charge in [-0.05, 0) is 57.9 Å². The molecule has 0 aliphatic heterocycles. The quantitative estimate of drug-likeness (QED) is 0.529. The first kappa shape index (κ1) is 28.6. The molecule has 1 atom stereocenters. The second kappa shape index (κ2) is 11.4. The minimum atomic E-state index is -3.93. The maximum atomic E-state index is 13.7. The molecule has 0 aromatic heterocycles. The Balaban J connectivity index is 2.48. The smallest absolute Gasteiger partial charge is 0.244 e. The fraction of sp³-hybridized carbons (Fsp3) is 0.440. The minimum absolute atomic E-state index is 0.0509. The lowest BCUT2D eigenvalue weighted by atomic mass is 10.0. The van der Waals surface area contributed by atoms with Crippen molar-refractivity contribution in [3.05, 3.63) is 64.4 Å². The number of carbonyl (C=O) groups excluding carboxylic acids is 2. The molecule has 10 heteroatoms. The van der Waals surface area contributed by atoms with Crippen molar-refractivity contribution in [3.63, 3.8) is 0 Å². The highest BCUT2D eigenvalue weighted by Gasteiger charge is 2.33. The summed E-state index contributed by atoms with van der Waals surface area (Å²) in [6.07, 6.45) is 1.27. The number of hydrogen-bond donors (Lipinski definition) is 1. The number of halogens is 2. The standard InChI is InChI=1S/C25H33ClFN3O4S/c1-7-22(24(32)28-25(3,4)5)29(15-18-10-8-9-17(2)13-18)23(31)16-30(35(6,33)34)19-11-12-21(27)20(26)14-19/h8-14,22H,7,15-16H2,1-6H3,(H,28,32)/t22-/m1/s1. The average molecular weight is 526 g/mol. The van der Waals surface area contributed by atoms with Gasteiger partial charge in [-0.15, -0.1) is 0 Å². The van der Waals surface area contributed by atoms with Gasteiger partial charge in [-0.3, -0.25) is 13.9 Å². The third-order valence-corrected chi connectivity index (χ3v) is 6.62. The van der Waals surface area contributed by atoms with Gasteiger partial charge in [0.2, 0.25) is 21.8 Å². The van der Waals surface area contributed by atoms with Crippen LogP contribution in [0.15, 0.2) is 42.5 Å². The van der Waals surface area contributed by atoms with Crippen molar-refractivity contribution in [3.8, 4) is 0 Å². The molecule has 0 heterocycles. The number of nitrogens with one attached hydrogen (secondary N) is 1. The van der Waals surface area contributed by atoms with Crippen molar-refractivity contribution < 1.29 is 22.4 Å². The van der Waals surface area contributed by atoms with Gasteiger partial charge in [-0.1, -0.05) is 48.4 Å². The fourth-order valence-electron chi connectivity index (χ4n) is 3.63. The van der Waals surface area contributed by atoms with E-state index in [1.807, 2.05) is 52.0 Å². The van der Waals surface area contributed by atoms with E-state index in [9.17, 15) is 22.4 Å². The molecule has 192 valence electrons. The van der Waals surface area contributed by atoms with Crippen LogP contribution in [0.25, 0.3) is 0 Å². The predicted octanol–water partition coefficient (Wildman–Crippen LogP) is 4.28. The van der Waals surface area contributed by atoms with Crippen LogP contribution in [-0.4, -0.2) is 49.5 Å². The van der Waals surface area contributed by atoms with Crippen molar-refractivity contribution in [2.24, 2.45) is 0 Å². The molecule has 35 heavy (non-hydrogen) atoms. The van der Waals surface area contributed by atoms with E-state index in [2.05, 4.69) is 5.32 Å². The maximum Gasteiger partial charge on any atom is 0.244 e. The van der Waals surface area contributed by atoms with Crippen molar-refractivity contribution in [2.75, 3.05) is 17.1 Å². The Bertz CT molecular complexity index is 1180. The topological polar surface area (TPSA) is 86.8 Å². The largest absolute Gasteiger partial charge is 0.350 e. The summed E-state index contributed by atoms with van der Waals surface area (Å²) >= 11 is 5.86. The van der Waals surface area contributed by atoms with Gasteiger partial charge < -0.3 is 10.2 Å². The number of amides is 2. The Kier molecular flexibility index (Phi) is 9.30. The zero-order chi connectivity index (χ0) is 26.6. The molecule has 0 fully saturated rings. The van der Waals surface area contributed by atoms with Gasteiger partial charge >= 0.3 is 0 Å². The van der Waals surface area contributed by atoms with Gasteiger partial charge in [-0.2, -0.15) is 0 Å². The number of rotatable bonds is 9. The molecular formula is C25H33ClFN3O4S. The van der Waals surface area contributed by atoms with E-state index in [0.29, 0.717) is 6.42 Å². The number of nitrogens with zero attached hydrogens (tertiary/aromatic N) is 2. The normalized spacial score (nSPS) is 12.7. The summed E-state index contributed by atoms with van der Waals surface area (Å²) in [5.74, 6) is -1.62.